The van der Waals surface area contributed by atoms with Gasteiger partial charge in [0.05, 0.1) is 4.90 Å². The Labute approximate surface area is 154 Å². The normalized spacial score (nSPS) is 12.7. The van der Waals surface area contributed by atoms with Gasteiger partial charge < -0.3 is 10.6 Å². The smallest absolute Gasteiger partial charge is 0.288 e. The second-order valence-corrected chi connectivity index (χ2v) is 7.95. The minimum atomic E-state index is -3.79. The van der Waals surface area contributed by atoms with E-state index in [4.69, 9.17) is 5.14 Å². The molecule has 0 heterocycles. The van der Waals surface area contributed by atoms with E-state index in [-0.39, 0.29) is 10.8 Å². The Kier molecular flexibility index (Phi) is 6.57. The van der Waals surface area contributed by atoms with Crippen molar-refractivity contribution in [1.82, 2.24) is 0 Å². The van der Waals surface area contributed by atoms with Crippen LogP contribution in [0.1, 0.15) is 6.92 Å². The van der Waals surface area contributed by atoms with Crippen molar-refractivity contribution in [3.05, 3.63) is 48.5 Å². The van der Waals surface area contributed by atoms with E-state index in [1.807, 2.05) is 0 Å². The maximum Gasteiger partial charge on any atom is 0.288 e. The van der Waals surface area contributed by atoms with E-state index in [0.29, 0.717) is 28.0 Å². The zero-order valence-electron chi connectivity index (χ0n) is 13.6. The van der Waals surface area contributed by atoms with Crippen LogP contribution < -0.4 is 15.8 Å². The highest BCUT2D eigenvalue weighted by atomic mass is 32.2. The van der Waals surface area contributed by atoms with E-state index in [9.17, 15) is 22.0 Å². The predicted molar refractivity (Wildman–Crippen MR) is 97.8 cm³/mol. The summed E-state index contributed by atoms with van der Waals surface area (Å²) in [6.45, 7) is 1.63. The van der Waals surface area contributed by atoms with Crippen molar-refractivity contribution in [3.63, 3.8) is 0 Å². The highest BCUT2D eigenvalue weighted by Gasteiger charge is 2.14. The molecule has 0 saturated heterocycles. The lowest BCUT2D eigenvalue weighted by Gasteiger charge is -2.15. The van der Waals surface area contributed by atoms with Crippen molar-refractivity contribution in [3.8, 4) is 0 Å². The summed E-state index contributed by atoms with van der Waals surface area (Å²) in [6, 6.07) is 11.1. The Morgan fingerprint density at radius 3 is 2.08 bits per heavy atom. The van der Waals surface area contributed by atoms with Crippen molar-refractivity contribution in [2.45, 2.75) is 28.5 Å². The average molecular weight is 401 g/mol. The number of primary sulfonamides is 1. The van der Waals surface area contributed by atoms with Crippen LogP contribution in [0.2, 0.25) is 0 Å². The monoisotopic (exact) mass is 401 g/mol. The highest BCUT2D eigenvalue weighted by Crippen LogP contribution is 2.26. The minimum absolute atomic E-state index is 0.0524. The molecule has 1 atom stereocenters. The number of hydrogen-bond acceptors (Lipinski definition) is 5. The molecule has 2 rings (SSSR count). The van der Waals surface area contributed by atoms with Crippen LogP contribution in [-0.4, -0.2) is 26.1 Å². The molecule has 0 aliphatic heterocycles. The number of hydrogen-bond donors (Lipinski definition) is 3. The van der Waals surface area contributed by atoms with E-state index >= 15 is 0 Å². The fraction of sp³-hybridized carbons (Fsp3) is 0.188. The van der Waals surface area contributed by atoms with Crippen LogP contribution in [0.4, 0.5) is 20.2 Å². The number of thioether (sulfide) groups is 1. The van der Waals surface area contributed by atoms with Gasteiger partial charge >= 0.3 is 0 Å². The van der Waals surface area contributed by atoms with Crippen LogP contribution in [0, 0.1) is 0 Å². The van der Waals surface area contributed by atoms with E-state index in [1.165, 1.54) is 36.4 Å². The van der Waals surface area contributed by atoms with E-state index < -0.39 is 21.8 Å². The van der Waals surface area contributed by atoms with Gasteiger partial charge in [0.2, 0.25) is 15.9 Å². The SMILES string of the molecule is C[C@H](Nc1ccc(SC(F)F)cc1)C(=O)Nc1ccc(S(N)(=O)=O)cc1. The van der Waals surface area contributed by atoms with Crippen LogP contribution in [0.15, 0.2) is 58.3 Å². The van der Waals surface area contributed by atoms with Gasteiger partial charge in [-0.25, -0.2) is 13.6 Å². The van der Waals surface area contributed by atoms with Gasteiger partial charge in [0.25, 0.3) is 5.76 Å². The molecule has 10 heteroatoms. The zero-order chi connectivity index (χ0) is 19.3. The molecule has 0 aliphatic carbocycles. The fourth-order valence-corrected chi connectivity index (χ4v) is 3.04. The maximum atomic E-state index is 12.3. The van der Waals surface area contributed by atoms with Crippen LogP contribution in [-0.2, 0) is 14.8 Å². The molecule has 0 radical (unpaired) electrons. The summed E-state index contributed by atoms with van der Waals surface area (Å²) in [5, 5.41) is 10.6. The van der Waals surface area contributed by atoms with Gasteiger partial charge in [0, 0.05) is 16.3 Å². The van der Waals surface area contributed by atoms with Crippen LogP contribution in [0.3, 0.4) is 0 Å². The Bertz CT molecular complexity index is 857. The summed E-state index contributed by atoms with van der Waals surface area (Å²) < 4.78 is 47.0. The number of benzene rings is 2. The molecule has 0 unspecified atom stereocenters. The topological polar surface area (TPSA) is 101 Å². The Morgan fingerprint density at radius 1 is 1.04 bits per heavy atom. The number of amides is 1. The third-order valence-corrected chi connectivity index (χ3v) is 4.96. The fourth-order valence-electron chi connectivity index (χ4n) is 2.03. The number of rotatable bonds is 7. The van der Waals surface area contributed by atoms with Gasteiger partial charge in [-0.05, 0) is 55.5 Å². The van der Waals surface area contributed by atoms with Gasteiger partial charge in [-0.15, -0.1) is 0 Å². The Morgan fingerprint density at radius 2 is 1.58 bits per heavy atom. The van der Waals surface area contributed by atoms with E-state index in [0.717, 1.165) is 0 Å². The number of alkyl halides is 2. The lowest BCUT2D eigenvalue weighted by molar-refractivity contribution is -0.116. The number of sulfonamides is 1. The molecule has 1 amide bonds. The van der Waals surface area contributed by atoms with Crippen molar-refractivity contribution < 1.29 is 22.0 Å². The molecule has 0 aromatic heterocycles. The molecule has 0 spiro atoms. The van der Waals surface area contributed by atoms with Gasteiger partial charge in [-0.3, -0.25) is 4.79 Å². The second kappa shape index (κ2) is 8.47. The summed E-state index contributed by atoms with van der Waals surface area (Å²) in [6.07, 6.45) is 0. The maximum absolute atomic E-state index is 12.3. The largest absolute Gasteiger partial charge is 0.374 e. The third-order valence-electron chi connectivity index (χ3n) is 3.31. The quantitative estimate of drug-likeness (QED) is 0.619. The number of nitrogens with one attached hydrogen (secondary N) is 2. The lowest BCUT2D eigenvalue weighted by Crippen LogP contribution is -2.31. The van der Waals surface area contributed by atoms with Gasteiger partial charge in [-0.2, -0.15) is 8.78 Å². The minimum Gasteiger partial charge on any atom is -0.374 e. The molecule has 6 nitrogen and oxygen atoms in total. The number of anilines is 2. The lowest BCUT2D eigenvalue weighted by atomic mass is 10.2. The molecule has 140 valence electrons. The number of carbonyl (C=O) groups excluding carboxylic acids is 1. The van der Waals surface area contributed by atoms with Crippen LogP contribution in [0.25, 0.3) is 0 Å². The van der Waals surface area contributed by atoms with Crippen LogP contribution >= 0.6 is 11.8 Å². The number of nitrogens with two attached hydrogens (primary N) is 1. The van der Waals surface area contributed by atoms with Crippen molar-refractivity contribution in [1.29, 1.82) is 0 Å². The van der Waals surface area contributed by atoms with Crippen molar-refractivity contribution in [2.24, 2.45) is 5.14 Å². The molecule has 2 aromatic carbocycles. The molecule has 2 aromatic rings. The molecule has 4 N–H and O–H groups in total. The zero-order valence-corrected chi connectivity index (χ0v) is 15.3. The summed E-state index contributed by atoms with van der Waals surface area (Å²) in [4.78, 5) is 12.6. The highest BCUT2D eigenvalue weighted by molar-refractivity contribution is 7.99. The van der Waals surface area contributed by atoms with Gasteiger partial charge in [0.1, 0.15) is 6.04 Å². The van der Waals surface area contributed by atoms with E-state index in [1.54, 1.807) is 19.1 Å². The third kappa shape index (κ3) is 5.97. The molecule has 0 saturated carbocycles. The Hall–Kier alpha value is -2.17. The predicted octanol–water partition coefficient (Wildman–Crippen LogP) is 3.09. The standard InChI is InChI=1S/C16H17F2N3O3S2/c1-10(20-11-2-6-13(7-3-11)25-16(17)18)15(22)21-12-4-8-14(9-5-12)26(19,23)24/h2-10,16,20H,1H3,(H,21,22)(H2,19,23,24)/t10-/m0/s1. The molecule has 0 aliphatic rings. The number of halogens is 2. The first kappa shape index (κ1) is 20.1. The first-order valence-corrected chi connectivity index (χ1v) is 9.83. The van der Waals surface area contributed by atoms with E-state index in [2.05, 4.69) is 10.6 Å². The first-order valence-electron chi connectivity index (χ1n) is 7.40. The molecule has 0 fully saturated rings. The summed E-state index contributed by atoms with van der Waals surface area (Å²) in [7, 11) is -3.79. The Balaban J connectivity index is 1.95. The molecule has 0 bridgehead atoms. The van der Waals surface area contributed by atoms with Crippen molar-refractivity contribution >= 4 is 39.1 Å². The average Bonchev–Trinajstić information content (AvgIpc) is 2.55. The molecular weight excluding hydrogens is 384 g/mol. The number of carbonyl (C=O) groups is 1. The van der Waals surface area contributed by atoms with Crippen LogP contribution in [0.5, 0.6) is 0 Å². The summed E-state index contributed by atoms with van der Waals surface area (Å²) in [5.41, 5.74) is 1.02. The summed E-state index contributed by atoms with van der Waals surface area (Å²) in [5.74, 6) is -2.83. The molecular formula is C16H17F2N3O3S2. The summed E-state index contributed by atoms with van der Waals surface area (Å²) >= 11 is 0.445. The molecule has 26 heavy (non-hydrogen) atoms. The van der Waals surface area contributed by atoms with Gasteiger partial charge in [-0.1, -0.05) is 11.8 Å². The van der Waals surface area contributed by atoms with Gasteiger partial charge in [0.15, 0.2) is 0 Å². The second-order valence-electron chi connectivity index (χ2n) is 5.33. The first-order chi connectivity index (χ1) is 12.1. The van der Waals surface area contributed by atoms with Crippen molar-refractivity contribution in [2.75, 3.05) is 10.6 Å².